The number of halogens is 1. The molecule has 1 aromatic rings. The third kappa shape index (κ3) is 5.35. The first kappa shape index (κ1) is 16.8. The lowest BCUT2D eigenvalue weighted by Gasteiger charge is -2.24. The average Bonchev–Trinajstić information content (AvgIpc) is 2.33. The summed E-state index contributed by atoms with van der Waals surface area (Å²) in [7, 11) is 0. The molecule has 0 aromatic carbocycles. The fraction of sp³-hybridized carbons (Fsp3) is 0.462. The number of alkyl carbamates (subject to hydrolysis) is 1. The number of carbonyl (C=O) groups excluding carboxylic acids is 1. The zero-order chi connectivity index (χ0) is 16.2. The number of ether oxygens (including phenoxy) is 1. The monoisotopic (exact) mass is 300 g/mol. The fourth-order valence-corrected chi connectivity index (χ4v) is 1.46. The molecule has 0 fully saturated rings. The van der Waals surface area contributed by atoms with Gasteiger partial charge in [-0.15, -0.1) is 0 Å². The van der Waals surface area contributed by atoms with E-state index in [4.69, 9.17) is 9.84 Å². The van der Waals surface area contributed by atoms with Crippen LogP contribution in [0, 0.1) is 5.95 Å². The Hall–Kier alpha value is -2.22. The van der Waals surface area contributed by atoms with Crippen molar-refractivity contribution in [2.45, 2.75) is 38.5 Å². The Kier molecular flexibility index (Phi) is 5.20. The molecule has 1 rings (SSSR count). The predicted molar refractivity (Wildman–Crippen MR) is 69.9 cm³/mol. The maximum Gasteiger partial charge on any atom is 0.408 e. The molecule has 0 spiro atoms. The number of aliphatic carboxylic acids is 1. The van der Waals surface area contributed by atoms with Crippen molar-refractivity contribution in [3.05, 3.63) is 29.8 Å². The van der Waals surface area contributed by atoms with Crippen LogP contribution in [0.4, 0.5) is 9.18 Å². The van der Waals surface area contributed by atoms with E-state index in [9.17, 15) is 19.1 Å². The summed E-state index contributed by atoms with van der Waals surface area (Å²) in [5.41, 5.74) is -0.755. The van der Waals surface area contributed by atoms with Gasteiger partial charge < -0.3 is 20.3 Å². The summed E-state index contributed by atoms with van der Waals surface area (Å²) in [5, 5.41) is 21.1. The molecule has 0 bridgehead atoms. The van der Waals surface area contributed by atoms with Crippen LogP contribution in [0.25, 0.3) is 0 Å². The largest absolute Gasteiger partial charge is 0.480 e. The van der Waals surface area contributed by atoms with Gasteiger partial charge in [0.05, 0.1) is 0 Å². The SMILES string of the molecule is CC(C)(C)OC(=O)N[C@H](C(=O)O)[C@@H](O)c1ccc(F)nc1. The number of hydrogen-bond acceptors (Lipinski definition) is 5. The molecule has 1 heterocycles. The summed E-state index contributed by atoms with van der Waals surface area (Å²) in [6, 6.07) is 0.511. The van der Waals surface area contributed by atoms with Gasteiger partial charge in [-0.25, -0.2) is 14.6 Å². The number of carbonyl (C=O) groups is 2. The lowest BCUT2D eigenvalue weighted by molar-refractivity contribution is -0.142. The number of aromatic nitrogens is 1. The van der Waals surface area contributed by atoms with Crippen LogP contribution >= 0.6 is 0 Å². The van der Waals surface area contributed by atoms with E-state index in [1.807, 2.05) is 0 Å². The first-order valence-electron chi connectivity index (χ1n) is 6.12. The van der Waals surface area contributed by atoms with E-state index < -0.39 is 35.8 Å². The fourth-order valence-electron chi connectivity index (χ4n) is 1.46. The molecule has 116 valence electrons. The second-order valence-electron chi connectivity index (χ2n) is 5.32. The number of nitrogens with zero attached hydrogens (tertiary/aromatic N) is 1. The Morgan fingerprint density at radius 2 is 2.00 bits per heavy atom. The van der Waals surface area contributed by atoms with Gasteiger partial charge in [-0.2, -0.15) is 4.39 Å². The van der Waals surface area contributed by atoms with Gasteiger partial charge in [-0.3, -0.25) is 0 Å². The number of carboxylic acids is 1. The zero-order valence-corrected chi connectivity index (χ0v) is 11.8. The van der Waals surface area contributed by atoms with Crippen LogP contribution in [0.1, 0.15) is 32.4 Å². The van der Waals surface area contributed by atoms with Crippen LogP contribution in [0.5, 0.6) is 0 Å². The van der Waals surface area contributed by atoms with Gasteiger partial charge >= 0.3 is 12.1 Å². The van der Waals surface area contributed by atoms with E-state index in [1.54, 1.807) is 20.8 Å². The molecule has 0 aliphatic carbocycles. The molecule has 1 aromatic heterocycles. The van der Waals surface area contributed by atoms with E-state index in [2.05, 4.69) is 10.3 Å². The Bertz CT molecular complexity index is 512. The first-order chi connectivity index (χ1) is 9.60. The average molecular weight is 300 g/mol. The number of nitrogens with one attached hydrogen (secondary N) is 1. The molecule has 0 aliphatic rings. The Balaban J connectivity index is 2.84. The van der Waals surface area contributed by atoms with E-state index in [0.717, 1.165) is 12.3 Å². The van der Waals surface area contributed by atoms with Crippen molar-refractivity contribution in [3.63, 3.8) is 0 Å². The minimum absolute atomic E-state index is 0.0554. The van der Waals surface area contributed by atoms with Crippen LogP contribution in [-0.2, 0) is 9.53 Å². The number of aliphatic hydroxyl groups excluding tert-OH is 1. The smallest absolute Gasteiger partial charge is 0.408 e. The van der Waals surface area contributed by atoms with Gasteiger partial charge in [0.1, 0.15) is 11.7 Å². The highest BCUT2D eigenvalue weighted by Crippen LogP contribution is 2.17. The summed E-state index contributed by atoms with van der Waals surface area (Å²) in [5.74, 6) is -2.23. The van der Waals surface area contributed by atoms with Gasteiger partial charge in [0, 0.05) is 11.8 Å². The molecule has 0 radical (unpaired) electrons. The number of aliphatic hydroxyl groups is 1. The van der Waals surface area contributed by atoms with Crippen LogP contribution in [0.2, 0.25) is 0 Å². The molecule has 2 atom stereocenters. The van der Waals surface area contributed by atoms with Crippen molar-refractivity contribution < 1.29 is 28.9 Å². The van der Waals surface area contributed by atoms with Gasteiger partial charge in [0.2, 0.25) is 5.95 Å². The van der Waals surface area contributed by atoms with Gasteiger partial charge in [0.15, 0.2) is 6.04 Å². The van der Waals surface area contributed by atoms with Gasteiger partial charge in [-0.1, -0.05) is 6.07 Å². The molecule has 0 saturated heterocycles. The van der Waals surface area contributed by atoms with Crippen molar-refractivity contribution in [3.8, 4) is 0 Å². The third-order valence-corrected chi connectivity index (χ3v) is 2.35. The molecule has 8 heteroatoms. The lowest BCUT2D eigenvalue weighted by atomic mass is 10.0. The first-order valence-corrected chi connectivity index (χ1v) is 6.12. The molecule has 7 nitrogen and oxygen atoms in total. The quantitative estimate of drug-likeness (QED) is 0.722. The van der Waals surface area contributed by atoms with Crippen molar-refractivity contribution in [1.82, 2.24) is 10.3 Å². The van der Waals surface area contributed by atoms with Crippen molar-refractivity contribution in [2.24, 2.45) is 0 Å². The summed E-state index contributed by atoms with van der Waals surface area (Å²) in [6.45, 7) is 4.84. The Morgan fingerprint density at radius 3 is 2.43 bits per heavy atom. The summed E-state index contributed by atoms with van der Waals surface area (Å²) in [4.78, 5) is 26.1. The van der Waals surface area contributed by atoms with Crippen molar-refractivity contribution in [1.29, 1.82) is 0 Å². The van der Waals surface area contributed by atoms with Crippen LogP contribution < -0.4 is 5.32 Å². The standard InChI is InChI=1S/C13H17FN2O5/c1-13(2,3)21-12(20)16-9(11(18)19)10(17)7-4-5-8(14)15-6-7/h4-6,9-10,17H,1-3H3,(H,16,20)(H,18,19)/t9-,10-/m0/s1. The van der Waals surface area contributed by atoms with Crippen LogP contribution in [0.15, 0.2) is 18.3 Å². The number of carboxylic acid groups (broad SMARTS) is 1. The third-order valence-electron chi connectivity index (χ3n) is 2.35. The number of amides is 1. The minimum atomic E-state index is -1.65. The summed E-state index contributed by atoms with van der Waals surface area (Å²) in [6.07, 6.45) is -1.58. The highest BCUT2D eigenvalue weighted by atomic mass is 19.1. The zero-order valence-electron chi connectivity index (χ0n) is 11.8. The number of rotatable bonds is 4. The Morgan fingerprint density at radius 1 is 1.38 bits per heavy atom. The summed E-state index contributed by atoms with van der Waals surface area (Å²) < 4.78 is 17.6. The normalized spacial score (nSPS) is 14.1. The summed E-state index contributed by atoms with van der Waals surface area (Å²) >= 11 is 0. The Labute approximate surface area is 120 Å². The second kappa shape index (κ2) is 6.49. The lowest BCUT2D eigenvalue weighted by Crippen LogP contribution is -2.46. The molecule has 0 saturated carbocycles. The second-order valence-corrected chi connectivity index (χ2v) is 5.32. The van der Waals surface area contributed by atoms with E-state index in [1.165, 1.54) is 6.07 Å². The predicted octanol–water partition coefficient (Wildman–Crippen LogP) is 1.23. The van der Waals surface area contributed by atoms with E-state index >= 15 is 0 Å². The van der Waals surface area contributed by atoms with Crippen LogP contribution in [0.3, 0.4) is 0 Å². The van der Waals surface area contributed by atoms with Gasteiger partial charge in [-0.05, 0) is 26.8 Å². The molecule has 1 amide bonds. The topological polar surface area (TPSA) is 109 Å². The maximum absolute atomic E-state index is 12.7. The highest BCUT2D eigenvalue weighted by Gasteiger charge is 2.31. The van der Waals surface area contributed by atoms with Crippen molar-refractivity contribution in [2.75, 3.05) is 0 Å². The maximum atomic E-state index is 12.7. The van der Waals surface area contributed by atoms with Crippen molar-refractivity contribution >= 4 is 12.1 Å². The van der Waals surface area contributed by atoms with Gasteiger partial charge in [0.25, 0.3) is 0 Å². The minimum Gasteiger partial charge on any atom is -0.480 e. The molecular formula is C13H17FN2O5. The number of pyridine rings is 1. The molecule has 21 heavy (non-hydrogen) atoms. The van der Waals surface area contributed by atoms with E-state index in [-0.39, 0.29) is 5.56 Å². The molecular weight excluding hydrogens is 283 g/mol. The molecule has 0 unspecified atom stereocenters. The highest BCUT2D eigenvalue weighted by molar-refractivity contribution is 5.80. The van der Waals surface area contributed by atoms with Crippen LogP contribution in [-0.4, -0.2) is 38.9 Å². The number of hydrogen-bond donors (Lipinski definition) is 3. The molecule has 0 aliphatic heterocycles. The van der Waals surface area contributed by atoms with E-state index in [0.29, 0.717) is 0 Å². The molecule has 3 N–H and O–H groups in total.